The Bertz CT molecular complexity index is 648. The number of nitrogens with one attached hydrogen (secondary N) is 1. The van der Waals surface area contributed by atoms with Gasteiger partial charge in [-0.2, -0.15) is 4.98 Å². The van der Waals surface area contributed by atoms with Crippen LogP contribution in [0.25, 0.3) is 0 Å². The Labute approximate surface area is 127 Å². The molecule has 1 aliphatic heterocycles. The van der Waals surface area contributed by atoms with E-state index < -0.39 is 0 Å². The highest BCUT2D eigenvalue weighted by Crippen LogP contribution is 2.53. The average Bonchev–Trinajstić information content (AvgIpc) is 3.19. The lowest BCUT2D eigenvalue weighted by atomic mass is 9.96. The summed E-state index contributed by atoms with van der Waals surface area (Å²) in [6.07, 6.45) is 2.03. The van der Waals surface area contributed by atoms with E-state index in [4.69, 9.17) is 20.9 Å². The number of morpholine rings is 1. The Hall–Kier alpha value is -1.43. The van der Waals surface area contributed by atoms with E-state index in [1.54, 1.807) is 0 Å². The molecule has 0 spiro atoms. The van der Waals surface area contributed by atoms with Gasteiger partial charge in [-0.25, -0.2) is 0 Å². The molecule has 0 radical (unpaired) electrons. The van der Waals surface area contributed by atoms with E-state index in [1.165, 1.54) is 0 Å². The Balaban J connectivity index is 1.63. The predicted octanol–water partition coefficient (Wildman–Crippen LogP) is 2.46. The summed E-state index contributed by atoms with van der Waals surface area (Å²) in [5, 5.41) is 8.21. The van der Waals surface area contributed by atoms with Crippen molar-refractivity contribution in [2.75, 3.05) is 19.8 Å². The number of aromatic nitrogens is 2. The molecule has 5 nitrogen and oxygen atoms in total. The Morgan fingerprint density at radius 1 is 1.33 bits per heavy atom. The predicted molar refractivity (Wildman–Crippen MR) is 77.3 cm³/mol. The van der Waals surface area contributed by atoms with Crippen molar-refractivity contribution in [3.8, 4) is 0 Å². The summed E-state index contributed by atoms with van der Waals surface area (Å²) in [5.74, 6) is 1.37. The largest absolute Gasteiger partial charge is 0.378 e. The van der Waals surface area contributed by atoms with Gasteiger partial charge >= 0.3 is 0 Å². The number of nitrogens with zero attached hydrogens (tertiary/aromatic N) is 2. The maximum absolute atomic E-state index is 6.10. The zero-order valence-corrected chi connectivity index (χ0v) is 12.3. The summed E-state index contributed by atoms with van der Waals surface area (Å²) in [5.41, 5.74) is 1.00. The zero-order valence-electron chi connectivity index (χ0n) is 11.5. The van der Waals surface area contributed by atoms with Crippen molar-refractivity contribution < 1.29 is 9.26 Å². The second-order valence-electron chi connectivity index (χ2n) is 5.63. The number of benzene rings is 1. The lowest BCUT2D eigenvalue weighted by molar-refractivity contribution is 0.0734. The van der Waals surface area contributed by atoms with E-state index >= 15 is 0 Å². The van der Waals surface area contributed by atoms with Gasteiger partial charge in [0.05, 0.1) is 24.7 Å². The van der Waals surface area contributed by atoms with Gasteiger partial charge in [0.1, 0.15) is 0 Å². The minimum absolute atomic E-state index is 0.0198. The third-order valence-electron chi connectivity index (χ3n) is 4.21. The van der Waals surface area contributed by atoms with Crippen LogP contribution < -0.4 is 5.32 Å². The van der Waals surface area contributed by atoms with E-state index in [0.717, 1.165) is 36.6 Å². The fraction of sp³-hybridized carbons (Fsp3) is 0.467. The molecule has 0 unspecified atom stereocenters. The highest BCUT2D eigenvalue weighted by atomic mass is 35.5. The fourth-order valence-electron chi connectivity index (χ4n) is 2.84. The number of hydrogen-bond donors (Lipinski definition) is 1. The van der Waals surface area contributed by atoms with Gasteiger partial charge in [-0.1, -0.05) is 28.9 Å². The molecule has 0 amide bonds. The van der Waals surface area contributed by atoms with E-state index in [9.17, 15) is 0 Å². The van der Waals surface area contributed by atoms with Crippen LogP contribution in [-0.4, -0.2) is 29.9 Å². The van der Waals surface area contributed by atoms with Crippen molar-refractivity contribution in [3.05, 3.63) is 46.6 Å². The van der Waals surface area contributed by atoms with Crippen LogP contribution in [0, 0.1) is 0 Å². The highest BCUT2D eigenvalue weighted by Gasteiger charge is 2.51. The van der Waals surface area contributed by atoms with Crippen molar-refractivity contribution in [1.82, 2.24) is 15.5 Å². The minimum atomic E-state index is -0.147. The first-order valence-electron chi connectivity index (χ1n) is 7.19. The van der Waals surface area contributed by atoms with Crippen LogP contribution in [0.3, 0.4) is 0 Å². The molecule has 1 atom stereocenters. The molecule has 2 heterocycles. The van der Waals surface area contributed by atoms with Crippen LogP contribution in [0.15, 0.2) is 28.8 Å². The summed E-state index contributed by atoms with van der Waals surface area (Å²) >= 11 is 6.10. The molecule has 4 rings (SSSR count). The molecule has 110 valence electrons. The fourth-order valence-corrected chi connectivity index (χ4v) is 3.03. The normalized spacial score (nSPS) is 24.0. The van der Waals surface area contributed by atoms with E-state index in [1.807, 2.05) is 18.2 Å². The lowest BCUT2D eigenvalue weighted by Crippen LogP contribution is -2.35. The van der Waals surface area contributed by atoms with Gasteiger partial charge in [-0.3, -0.25) is 0 Å². The number of ether oxygens (including phenoxy) is 1. The summed E-state index contributed by atoms with van der Waals surface area (Å²) < 4.78 is 11.0. The van der Waals surface area contributed by atoms with Gasteiger partial charge in [0.15, 0.2) is 5.82 Å². The van der Waals surface area contributed by atoms with Gasteiger partial charge in [0.25, 0.3) is 0 Å². The van der Waals surface area contributed by atoms with Crippen molar-refractivity contribution in [1.29, 1.82) is 0 Å². The Morgan fingerprint density at radius 2 is 2.24 bits per heavy atom. The minimum Gasteiger partial charge on any atom is -0.378 e. The van der Waals surface area contributed by atoms with Crippen LogP contribution in [0.1, 0.15) is 36.2 Å². The van der Waals surface area contributed by atoms with E-state index in [0.29, 0.717) is 18.3 Å². The highest BCUT2D eigenvalue weighted by molar-refractivity contribution is 6.30. The van der Waals surface area contributed by atoms with Gasteiger partial charge in [-0.15, -0.1) is 0 Å². The van der Waals surface area contributed by atoms with Crippen LogP contribution >= 0.6 is 11.6 Å². The first-order chi connectivity index (χ1) is 10.3. The molecule has 1 saturated heterocycles. The molecule has 0 bridgehead atoms. The third kappa shape index (κ3) is 2.35. The summed E-state index contributed by atoms with van der Waals surface area (Å²) in [6, 6.07) is 7.92. The molecule has 6 heteroatoms. The Morgan fingerprint density at radius 3 is 2.95 bits per heavy atom. The van der Waals surface area contributed by atoms with Gasteiger partial charge < -0.3 is 14.6 Å². The number of hydrogen-bond acceptors (Lipinski definition) is 5. The standard InChI is InChI=1S/C15H16ClN3O2/c16-11-3-1-2-10(8-11)15(4-5-15)14-18-13(19-21-14)12-9-20-7-6-17-12/h1-3,8,12,17H,4-7,9H2/t12-/m1/s1. The smallest absolute Gasteiger partial charge is 0.237 e. The second kappa shape index (κ2) is 5.09. The molecule has 2 aliphatic rings. The Kier molecular flexibility index (Phi) is 3.21. The summed E-state index contributed by atoms with van der Waals surface area (Å²) in [6.45, 7) is 2.13. The quantitative estimate of drug-likeness (QED) is 0.944. The molecule has 2 aromatic rings. The topological polar surface area (TPSA) is 60.2 Å². The maximum Gasteiger partial charge on any atom is 0.237 e. The van der Waals surface area contributed by atoms with Crippen LogP contribution in [0.5, 0.6) is 0 Å². The molecule has 21 heavy (non-hydrogen) atoms. The molecule has 1 saturated carbocycles. The molecule has 1 aliphatic carbocycles. The monoisotopic (exact) mass is 305 g/mol. The van der Waals surface area contributed by atoms with Crippen LogP contribution in [-0.2, 0) is 10.2 Å². The summed E-state index contributed by atoms with van der Waals surface area (Å²) in [7, 11) is 0. The van der Waals surface area contributed by atoms with Gasteiger partial charge in [-0.05, 0) is 30.5 Å². The second-order valence-corrected chi connectivity index (χ2v) is 6.07. The zero-order chi connectivity index (χ0) is 14.3. The van der Waals surface area contributed by atoms with E-state index in [2.05, 4.69) is 21.5 Å². The third-order valence-corrected chi connectivity index (χ3v) is 4.45. The van der Waals surface area contributed by atoms with E-state index in [-0.39, 0.29) is 11.5 Å². The van der Waals surface area contributed by atoms with Crippen LogP contribution in [0.2, 0.25) is 5.02 Å². The average molecular weight is 306 g/mol. The van der Waals surface area contributed by atoms with Crippen molar-refractivity contribution in [2.45, 2.75) is 24.3 Å². The lowest BCUT2D eigenvalue weighted by Gasteiger charge is -2.20. The molecule has 1 aromatic heterocycles. The van der Waals surface area contributed by atoms with Gasteiger partial charge in [0, 0.05) is 11.6 Å². The molecular weight excluding hydrogens is 290 g/mol. The summed E-state index contributed by atoms with van der Waals surface area (Å²) in [4.78, 5) is 4.61. The first-order valence-corrected chi connectivity index (χ1v) is 7.57. The number of halogens is 1. The molecule has 1 N–H and O–H groups in total. The molecular formula is C15H16ClN3O2. The molecule has 1 aromatic carbocycles. The molecule has 2 fully saturated rings. The van der Waals surface area contributed by atoms with Crippen molar-refractivity contribution in [3.63, 3.8) is 0 Å². The van der Waals surface area contributed by atoms with Gasteiger partial charge in [0.2, 0.25) is 5.89 Å². The first kappa shape index (κ1) is 13.2. The van der Waals surface area contributed by atoms with Crippen molar-refractivity contribution >= 4 is 11.6 Å². The number of rotatable bonds is 3. The SMILES string of the molecule is Clc1cccc(C2(c3nc([C@H]4COCCN4)no3)CC2)c1. The van der Waals surface area contributed by atoms with Crippen molar-refractivity contribution in [2.24, 2.45) is 0 Å². The maximum atomic E-state index is 6.10. The van der Waals surface area contributed by atoms with Crippen LogP contribution in [0.4, 0.5) is 0 Å².